The Balaban J connectivity index is 1.15. The third kappa shape index (κ3) is 10.3. The topological polar surface area (TPSA) is 216 Å². The van der Waals surface area contributed by atoms with Crippen molar-refractivity contribution in [2.75, 3.05) is 37.9 Å². The Hall–Kier alpha value is -6.78. The number of benzene rings is 4. The van der Waals surface area contributed by atoms with Gasteiger partial charge in [0.05, 0.1) is 26.4 Å². The second kappa shape index (κ2) is 21.2. The Bertz CT molecular complexity index is 2280. The van der Waals surface area contributed by atoms with Gasteiger partial charge in [-0.1, -0.05) is 112 Å². The molecule has 6 N–H and O–H groups in total. The van der Waals surface area contributed by atoms with E-state index in [0.29, 0.717) is 22.5 Å². The Morgan fingerprint density at radius 2 is 1.00 bits per heavy atom. The fourth-order valence-corrected chi connectivity index (χ4v) is 9.89. The summed E-state index contributed by atoms with van der Waals surface area (Å²) < 4.78 is 9.61. The fraction of sp³-hybridized carbons (Fsp3) is 0.412. The quantitative estimate of drug-likeness (QED) is 0.0735. The predicted molar refractivity (Wildman–Crippen MR) is 251 cm³/mol. The second-order valence-electron chi connectivity index (χ2n) is 17.5. The molecule has 4 aromatic carbocycles. The lowest BCUT2D eigenvalue weighted by atomic mass is 9.70. The van der Waals surface area contributed by atoms with Gasteiger partial charge in [-0.15, -0.1) is 0 Å². The summed E-state index contributed by atoms with van der Waals surface area (Å²) in [5.41, 5.74) is 5.55. The molecule has 0 spiro atoms. The predicted octanol–water partition coefficient (Wildman–Crippen LogP) is 6.33. The van der Waals surface area contributed by atoms with Gasteiger partial charge >= 0.3 is 12.2 Å². The van der Waals surface area contributed by atoms with Crippen LogP contribution < -0.4 is 21.3 Å². The minimum absolute atomic E-state index is 0.00283. The van der Waals surface area contributed by atoms with Crippen LogP contribution >= 0.6 is 0 Å². The second-order valence-corrected chi connectivity index (χ2v) is 17.5. The van der Waals surface area contributed by atoms with Crippen LogP contribution in [0.2, 0.25) is 0 Å². The van der Waals surface area contributed by atoms with E-state index < -0.39 is 77.6 Å². The van der Waals surface area contributed by atoms with Crippen molar-refractivity contribution in [1.29, 1.82) is 0 Å². The molecule has 1 aliphatic carbocycles. The summed E-state index contributed by atoms with van der Waals surface area (Å²) >= 11 is 0. The van der Waals surface area contributed by atoms with Gasteiger partial charge in [-0.25, -0.2) is 9.59 Å². The first-order valence-electron chi connectivity index (χ1n) is 23.0. The van der Waals surface area contributed by atoms with Crippen molar-refractivity contribution < 1.29 is 48.5 Å². The maximum Gasteiger partial charge on any atom is 0.407 e. The monoisotopic (exact) mass is 916 g/mol. The molecule has 2 aliphatic heterocycles. The Labute approximate surface area is 390 Å². The smallest absolute Gasteiger partial charge is 0.407 e. The third-order valence-corrected chi connectivity index (χ3v) is 13.2. The number of carbonyl (C=O) groups excluding carboxylic acids is 6. The number of amides is 6. The number of aliphatic hydroxyl groups excluding tert-OH is 2. The van der Waals surface area contributed by atoms with Gasteiger partial charge in [0.25, 0.3) is 11.8 Å². The Morgan fingerprint density at radius 3 is 1.36 bits per heavy atom. The van der Waals surface area contributed by atoms with Crippen molar-refractivity contribution in [1.82, 2.24) is 20.4 Å². The highest BCUT2D eigenvalue weighted by Gasteiger charge is 2.46. The van der Waals surface area contributed by atoms with Crippen LogP contribution in [0.15, 0.2) is 97.1 Å². The first-order chi connectivity index (χ1) is 32.3. The molecule has 16 nitrogen and oxygen atoms in total. The molecule has 6 amide bonds. The number of nitrogens with one attached hydrogen (secondary N) is 4. The summed E-state index contributed by atoms with van der Waals surface area (Å²) in [7, 11) is 2.39. The van der Waals surface area contributed by atoms with Crippen LogP contribution in [-0.4, -0.2) is 107 Å². The number of rotatable bonds is 16. The highest BCUT2D eigenvalue weighted by molar-refractivity contribution is 6.01. The minimum Gasteiger partial charge on any atom is -0.453 e. The number of fused-ring (bicyclic) bond motifs is 3. The molecule has 67 heavy (non-hydrogen) atoms. The lowest BCUT2D eigenvalue weighted by Crippen LogP contribution is -2.48. The van der Waals surface area contributed by atoms with Crippen LogP contribution in [0.25, 0.3) is 11.1 Å². The Morgan fingerprint density at radius 1 is 0.612 bits per heavy atom. The van der Waals surface area contributed by atoms with Gasteiger partial charge in [-0.3, -0.25) is 19.2 Å². The van der Waals surface area contributed by atoms with E-state index in [-0.39, 0.29) is 25.9 Å². The number of anilines is 2. The van der Waals surface area contributed by atoms with Gasteiger partial charge in [-0.2, -0.15) is 0 Å². The summed E-state index contributed by atoms with van der Waals surface area (Å²) in [6, 6.07) is 24.5. The summed E-state index contributed by atoms with van der Waals surface area (Å²) in [4.78, 5) is 84.0. The van der Waals surface area contributed by atoms with Crippen molar-refractivity contribution in [3.63, 3.8) is 0 Å². The summed E-state index contributed by atoms with van der Waals surface area (Å²) in [5, 5.41) is 32.9. The zero-order chi connectivity index (χ0) is 47.8. The van der Waals surface area contributed by atoms with E-state index in [2.05, 4.69) is 35.1 Å². The van der Waals surface area contributed by atoms with Gasteiger partial charge in [-0.05, 0) is 70.5 Å². The number of methoxy groups -OCH3 is 2. The van der Waals surface area contributed by atoms with Crippen LogP contribution in [0.1, 0.15) is 99.6 Å². The molecule has 16 heteroatoms. The number of ether oxygens (including phenoxy) is 2. The fourth-order valence-electron chi connectivity index (χ4n) is 9.89. The average Bonchev–Trinajstić information content (AvgIpc) is 4.02. The molecule has 2 fully saturated rings. The maximum absolute atomic E-state index is 14.2. The van der Waals surface area contributed by atoms with Crippen LogP contribution in [0.3, 0.4) is 0 Å². The third-order valence-electron chi connectivity index (χ3n) is 13.2. The van der Waals surface area contributed by atoms with Gasteiger partial charge < -0.3 is 50.8 Å². The van der Waals surface area contributed by atoms with Crippen molar-refractivity contribution in [3.05, 3.63) is 119 Å². The van der Waals surface area contributed by atoms with E-state index in [0.717, 1.165) is 60.8 Å². The lowest BCUT2D eigenvalue weighted by Gasteiger charge is -2.33. The van der Waals surface area contributed by atoms with E-state index in [9.17, 15) is 39.0 Å². The number of β-amino-alcohol motifs (C(OH)–C–C–N with tert-alkyl or cyclic N) is 2. The standard InChI is InChI=1S/C51H60N6O10/c1-5-7-23-51(24-8-6-2)39-25-33(52-45(60)41-27-35(58)29-56(41)47(62)43(54-49(64)66-3)31-15-11-9-12-16-31)19-21-37(39)38-22-20-34(26-40(38)51)53-46(61)42-28-36(59)30-57(42)48(63)44(55-50(65)67-4)32-17-13-10-14-18-32/h9-22,25-26,35-36,41-44,58-59H,5-8,23-24,27-30H2,1-4H3,(H,52,60)(H,53,61)(H,54,64)(H,55,65)/t35-,36-,41+,42+,43-,44-/m1/s1. The molecule has 7 rings (SSSR count). The van der Waals surface area contributed by atoms with Crippen LogP contribution in [0, 0.1) is 0 Å². The first kappa shape index (κ1) is 48.2. The van der Waals surface area contributed by atoms with Crippen molar-refractivity contribution in [2.45, 2.75) is 107 Å². The maximum atomic E-state index is 14.2. The van der Waals surface area contributed by atoms with Crippen LogP contribution in [-0.2, 0) is 34.1 Å². The number of hydrogen-bond donors (Lipinski definition) is 6. The molecule has 3 aliphatic rings. The summed E-state index contributed by atoms with van der Waals surface area (Å²) in [6.07, 6.45) is 1.66. The molecular weight excluding hydrogens is 857 g/mol. The minimum atomic E-state index is -1.16. The van der Waals surface area contributed by atoms with E-state index in [1.165, 1.54) is 24.0 Å². The molecule has 0 bridgehead atoms. The SMILES string of the molecule is CCCCC1(CCCC)c2cc(NC(=O)[C@@H]3C[C@@H](O)CN3C(=O)[C@H](NC(=O)OC)c3ccccc3)ccc2-c2ccc(NC(=O)[C@@H]3C[C@@H](O)CN3C(=O)[C@H](NC(=O)OC)c3ccccc3)cc21. The van der Waals surface area contributed by atoms with Gasteiger partial charge in [0.15, 0.2) is 0 Å². The van der Waals surface area contributed by atoms with Crippen molar-refractivity contribution in [2.24, 2.45) is 0 Å². The zero-order valence-electron chi connectivity index (χ0n) is 38.3. The van der Waals surface area contributed by atoms with Gasteiger partial charge in [0.2, 0.25) is 11.8 Å². The number of carbonyl (C=O) groups is 6. The van der Waals surface area contributed by atoms with E-state index in [4.69, 9.17) is 9.47 Å². The number of hydrogen-bond acceptors (Lipinski definition) is 10. The van der Waals surface area contributed by atoms with Gasteiger partial charge in [0.1, 0.15) is 24.2 Å². The van der Waals surface area contributed by atoms with Gasteiger partial charge in [0, 0.05) is 42.7 Å². The largest absolute Gasteiger partial charge is 0.453 e. The highest BCUT2D eigenvalue weighted by Crippen LogP contribution is 2.55. The Kier molecular flexibility index (Phi) is 15.3. The molecule has 0 unspecified atom stereocenters. The molecule has 2 saturated heterocycles. The number of unbranched alkanes of at least 4 members (excludes halogenated alkanes) is 2. The number of likely N-dealkylation sites (tertiary alicyclic amines) is 2. The van der Waals surface area contributed by atoms with E-state index >= 15 is 0 Å². The molecule has 2 heterocycles. The van der Waals surface area contributed by atoms with E-state index in [1.807, 2.05) is 36.4 Å². The summed E-state index contributed by atoms with van der Waals surface area (Å²) in [5.74, 6) is -2.09. The molecule has 0 radical (unpaired) electrons. The number of aliphatic hydroxyl groups is 2. The van der Waals surface area contributed by atoms with E-state index in [1.54, 1.807) is 60.7 Å². The first-order valence-corrected chi connectivity index (χ1v) is 23.0. The van der Waals surface area contributed by atoms with Crippen LogP contribution in [0.5, 0.6) is 0 Å². The molecule has 4 aromatic rings. The van der Waals surface area contributed by atoms with Crippen molar-refractivity contribution in [3.8, 4) is 11.1 Å². The zero-order valence-corrected chi connectivity index (χ0v) is 38.3. The molecule has 6 atom stereocenters. The molecular formula is C51H60N6O10. The normalized spacial score (nSPS) is 19.9. The molecule has 0 aromatic heterocycles. The molecule has 354 valence electrons. The van der Waals surface area contributed by atoms with Crippen molar-refractivity contribution >= 4 is 47.2 Å². The number of alkyl carbamates (subject to hydrolysis) is 2. The highest BCUT2D eigenvalue weighted by atomic mass is 16.5. The number of nitrogens with zero attached hydrogens (tertiary/aromatic N) is 2. The van der Waals surface area contributed by atoms with Crippen LogP contribution in [0.4, 0.5) is 21.0 Å². The molecule has 0 saturated carbocycles. The average molecular weight is 917 g/mol. The summed E-state index contributed by atoms with van der Waals surface area (Å²) in [6.45, 7) is 4.07. The lowest BCUT2D eigenvalue weighted by molar-refractivity contribution is -0.138.